The van der Waals surface area contributed by atoms with Crippen molar-refractivity contribution in [3.05, 3.63) is 0 Å². The van der Waals surface area contributed by atoms with Crippen LogP contribution in [0.25, 0.3) is 0 Å². The van der Waals surface area contributed by atoms with Crippen LogP contribution in [0.4, 0.5) is 0 Å². The first-order chi connectivity index (χ1) is 6.99. The topological polar surface area (TPSA) is 38.3 Å². The van der Waals surface area contributed by atoms with Gasteiger partial charge in [-0.25, -0.2) is 0 Å². The van der Waals surface area contributed by atoms with Gasteiger partial charge in [-0.3, -0.25) is 4.79 Å². The number of nitrogens with one attached hydrogen (secondary N) is 1. The summed E-state index contributed by atoms with van der Waals surface area (Å²) in [6.45, 7) is 11.3. The van der Waals surface area contributed by atoms with E-state index in [1.165, 1.54) is 0 Å². The number of ether oxygens (including phenoxy) is 1. The molecule has 0 bridgehead atoms. The minimum atomic E-state index is -0.0588. The summed E-state index contributed by atoms with van der Waals surface area (Å²) in [6.07, 6.45) is 0.767. The van der Waals surface area contributed by atoms with Crippen LogP contribution in [0.2, 0.25) is 0 Å². The quantitative estimate of drug-likeness (QED) is 0.629. The lowest BCUT2D eigenvalue weighted by Gasteiger charge is -2.21. The molecule has 0 unspecified atom stereocenters. The number of carbonyl (C=O) groups excluding carboxylic acids is 1. The molecule has 3 nitrogen and oxygen atoms in total. The maximum Gasteiger partial charge on any atom is 0.152 e. The predicted octanol–water partition coefficient (Wildman–Crippen LogP) is 2.00. The van der Waals surface area contributed by atoms with Gasteiger partial charge in [0.25, 0.3) is 0 Å². The zero-order valence-corrected chi connectivity index (χ0v) is 10.7. The van der Waals surface area contributed by atoms with Gasteiger partial charge in [0.15, 0.2) is 5.78 Å². The second kappa shape index (κ2) is 7.83. The van der Waals surface area contributed by atoms with Crippen molar-refractivity contribution in [3.8, 4) is 0 Å². The van der Waals surface area contributed by atoms with Crippen LogP contribution in [0.1, 0.15) is 41.0 Å². The smallest absolute Gasteiger partial charge is 0.152 e. The summed E-state index contributed by atoms with van der Waals surface area (Å²) in [7, 11) is 0. The molecule has 0 radical (unpaired) electrons. The van der Waals surface area contributed by atoms with E-state index < -0.39 is 0 Å². The Balaban J connectivity index is 4.11. The first-order valence-corrected chi connectivity index (χ1v) is 5.86. The Kier molecular flexibility index (Phi) is 7.61. The number of carbonyl (C=O) groups is 1. The average molecular weight is 215 g/mol. The van der Waals surface area contributed by atoms with E-state index in [1.54, 1.807) is 0 Å². The van der Waals surface area contributed by atoms with Crippen molar-refractivity contribution in [2.75, 3.05) is 13.2 Å². The first kappa shape index (κ1) is 14.6. The Morgan fingerprint density at radius 3 is 2.27 bits per heavy atom. The van der Waals surface area contributed by atoms with Crippen molar-refractivity contribution >= 4 is 5.78 Å². The van der Waals surface area contributed by atoms with Gasteiger partial charge in [0.1, 0.15) is 0 Å². The third kappa shape index (κ3) is 6.63. The third-order valence-corrected chi connectivity index (χ3v) is 2.20. The number of ketones is 1. The lowest BCUT2D eigenvalue weighted by molar-refractivity contribution is -0.124. The predicted molar refractivity (Wildman–Crippen MR) is 63.0 cm³/mol. The van der Waals surface area contributed by atoms with Crippen molar-refractivity contribution in [3.63, 3.8) is 0 Å². The van der Waals surface area contributed by atoms with E-state index in [1.807, 2.05) is 20.8 Å². The van der Waals surface area contributed by atoms with Gasteiger partial charge in [0.2, 0.25) is 0 Å². The highest BCUT2D eigenvalue weighted by Crippen LogP contribution is 2.05. The van der Waals surface area contributed by atoms with E-state index in [-0.39, 0.29) is 17.7 Å². The monoisotopic (exact) mass is 215 g/mol. The molecule has 0 heterocycles. The van der Waals surface area contributed by atoms with E-state index in [0.29, 0.717) is 19.3 Å². The molecule has 15 heavy (non-hydrogen) atoms. The normalized spacial score (nSPS) is 13.5. The molecule has 0 rings (SSSR count). The van der Waals surface area contributed by atoms with Crippen LogP contribution in [0.15, 0.2) is 0 Å². The van der Waals surface area contributed by atoms with Gasteiger partial charge < -0.3 is 10.1 Å². The van der Waals surface area contributed by atoms with E-state index >= 15 is 0 Å². The molecule has 0 saturated carbocycles. The summed E-state index contributed by atoms with van der Waals surface area (Å²) in [6, 6.07) is 0.274. The molecule has 0 saturated heterocycles. The molecule has 0 aromatic carbocycles. The molecule has 0 aliphatic heterocycles. The number of hydrogen-bond donors (Lipinski definition) is 1. The third-order valence-electron chi connectivity index (χ3n) is 2.20. The van der Waals surface area contributed by atoms with Gasteiger partial charge >= 0.3 is 0 Å². The Morgan fingerprint density at radius 1 is 1.27 bits per heavy atom. The summed E-state index contributed by atoms with van der Waals surface area (Å²) in [4.78, 5) is 11.9. The molecule has 0 spiro atoms. The molecule has 0 aromatic rings. The molecule has 90 valence electrons. The summed E-state index contributed by atoms with van der Waals surface area (Å²) >= 11 is 0. The molecular weight excluding hydrogens is 190 g/mol. The second-order valence-corrected chi connectivity index (χ2v) is 4.42. The van der Waals surface area contributed by atoms with Crippen LogP contribution in [0.5, 0.6) is 0 Å². The van der Waals surface area contributed by atoms with Gasteiger partial charge in [-0.1, -0.05) is 27.7 Å². The zero-order valence-electron chi connectivity index (χ0n) is 10.7. The van der Waals surface area contributed by atoms with Crippen LogP contribution in [0.3, 0.4) is 0 Å². The summed E-state index contributed by atoms with van der Waals surface area (Å²) < 4.78 is 5.28. The molecule has 0 aromatic heterocycles. The standard InChI is InChI=1S/C12H25NO2/c1-6-15-8-7-11(13-10(4)5)12(14)9(2)3/h9-11,13H,6-8H2,1-5H3/t11-/m0/s1. The van der Waals surface area contributed by atoms with Gasteiger partial charge in [-0.15, -0.1) is 0 Å². The highest BCUT2D eigenvalue weighted by atomic mass is 16.5. The Hall–Kier alpha value is -0.410. The highest BCUT2D eigenvalue weighted by Gasteiger charge is 2.21. The molecule has 3 heteroatoms. The maximum atomic E-state index is 11.9. The fourth-order valence-corrected chi connectivity index (χ4v) is 1.46. The van der Waals surface area contributed by atoms with Crippen molar-refractivity contribution in [2.24, 2.45) is 5.92 Å². The Labute approximate surface area is 93.6 Å². The second-order valence-electron chi connectivity index (χ2n) is 4.42. The van der Waals surface area contributed by atoms with Crippen LogP contribution in [-0.4, -0.2) is 31.1 Å². The first-order valence-electron chi connectivity index (χ1n) is 5.86. The number of hydrogen-bond acceptors (Lipinski definition) is 3. The molecule has 0 aliphatic rings. The molecule has 0 aliphatic carbocycles. The molecule has 0 fully saturated rings. The van der Waals surface area contributed by atoms with Gasteiger partial charge in [0.05, 0.1) is 6.04 Å². The van der Waals surface area contributed by atoms with Gasteiger partial charge in [-0.2, -0.15) is 0 Å². The zero-order chi connectivity index (χ0) is 11.8. The fraction of sp³-hybridized carbons (Fsp3) is 0.917. The van der Waals surface area contributed by atoms with E-state index in [2.05, 4.69) is 19.2 Å². The molecule has 1 N–H and O–H groups in total. The molecule has 1 atom stereocenters. The molecular formula is C12H25NO2. The summed E-state index contributed by atoms with van der Waals surface area (Å²) in [5.41, 5.74) is 0. The maximum absolute atomic E-state index is 11.9. The van der Waals surface area contributed by atoms with Gasteiger partial charge in [-0.05, 0) is 13.3 Å². The number of Topliss-reactive ketones (excluding diaryl/α,β-unsaturated/α-hetero) is 1. The van der Waals surface area contributed by atoms with E-state index in [4.69, 9.17) is 4.74 Å². The minimum Gasteiger partial charge on any atom is -0.382 e. The lowest BCUT2D eigenvalue weighted by Crippen LogP contribution is -2.43. The van der Waals surface area contributed by atoms with Crippen molar-refractivity contribution in [2.45, 2.75) is 53.1 Å². The Bertz CT molecular complexity index is 178. The highest BCUT2D eigenvalue weighted by molar-refractivity contribution is 5.85. The van der Waals surface area contributed by atoms with E-state index in [0.717, 1.165) is 6.42 Å². The number of rotatable bonds is 8. The lowest BCUT2D eigenvalue weighted by atomic mass is 9.99. The largest absolute Gasteiger partial charge is 0.382 e. The van der Waals surface area contributed by atoms with Crippen molar-refractivity contribution < 1.29 is 9.53 Å². The van der Waals surface area contributed by atoms with Crippen molar-refractivity contribution in [1.82, 2.24) is 5.32 Å². The van der Waals surface area contributed by atoms with E-state index in [9.17, 15) is 4.79 Å². The van der Waals surface area contributed by atoms with Crippen LogP contribution >= 0.6 is 0 Å². The van der Waals surface area contributed by atoms with Crippen LogP contribution in [0, 0.1) is 5.92 Å². The minimum absolute atomic E-state index is 0.0588. The fourth-order valence-electron chi connectivity index (χ4n) is 1.46. The Morgan fingerprint density at radius 2 is 1.87 bits per heavy atom. The van der Waals surface area contributed by atoms with Crippen LogP contribution in [-0.2, 0) is 9.53 Å². The van der Waals surface area contributed by atoms with Crippen LogP contribution < -0.4 is 5.32 Å². The summed E-state index contributed by atoms with van der Waals surface area (Å²) in [5.74, 6) is 0.367. The van der Waals surface area contributed by atoms with Gasteiger partial charge in [0, 0.05) is 25.2 Å². The van der Waals surface area contributed by atoms with Crippen molar-refractivity contribution in [1.29, 1.82) is 0 Å². The average Bonchev–Trinajstić information content (AvgIpc) is 2.14. The SMILES string of the molecule is CCOCC[C@H](NC(C)C)C(=O)C(C)C. The summed E-state index contributed by atoms with van der Waals surface area (Å²) in [5, 5.41) is 3.29. The molecule has 0 amide bonds.